The largest absolute Gasteiger partial charge is 0.326 e. The lowest BCUT2D eigenvalue weighted by molar-refractivity contribution is -0.136. The molecule has 0 aliphatic carbocycles. The molecule has 7 nitrogen and oxygen atoms in total. The standard InChI is InChI=1S/C19H22F2N4O3/c20-19(21)6-13(22)9-24(10-19)7-11-1-2-12-8-25(18(28)14(12)5-11)15-3-4-16(26)23-17(15)27/h1-2,5,13,15H,3-4,6-10,22H2,(H,23,26,27)/t13-,15?/m0/s1. The van der Waals surface area contributed by atoms with Gasteiger partial charge < -0.3 is 10.6 Å². The lowest BCUT2D eigenvalue weighted by atomic mass is 10.0. The van der Waals surface area contributed by atoms with E-state index in [1.807, 2.05) is 6.07 Å². The van der Waals surface area contributed by atoms with Crippen molar-refractivity contribution in [1.82, 2.24) is 15.1 Å². The van der Waals surface area contributed by atoms with Crippen LogP contribution < -0.4 is 11.1 Å². The van der Waals surface area contributed by atoms with Gasteiger partial charge in [0, 0.05) is 44.1 Å². The maximum absolute atomic E-state index is 13.8. The molecule has 3 aliphatic rings. The van der Waals surface area contributed by atoms with Crippen LogP contribution in [0.1, 0.15) is 40.7 Å². The van der Waals surface area contributed by atoms with Gasteiger partial charge in [-0.05, 0) is 23.6 Å². The lowest BCUT2D eigenvalue weighted by Crippen LogP contribution is -2.52. The first-order valence-electron chi connectivity index (χ1n) is 9.34. The first-order valence-corrected chi connectivity index (χ1v) is 9.34. The number of rotatable bonds is 3. The Morgan fingerprint density at radius 1 is 1.25 bits per heavy atom. The van der Waals surface area contributed by atoms with E-state index >= 15 is 0 Å². The van der Waals surface area contributed by atoms with Crippen LogP contribution in [-0.4, -0.2) is 58.6 Å². The predicted octanol–water partition coefficient (Wildman–Crippen LogP) is 0.616. The molecule has 0 aromatic heterocycles. The van der Waals surface area contributed by atoms with Crippen molar-refractivity contribution in [3.8, 4) is 0 Å². The molecule has 0 saturated carbocycles. The summed E-state index contributed by atoms with van der Waals surface area (Å²) in [5.74, 6) is -3.87. The summed E-state index contributed by atoms with van der Waals surface area (Å²) in [4.78, 5) is 39.3. The average Bonchev–Trinajstić information content (AvgIpc) is 2.89. The van der Waals surface area contributed by atoms with Gasteiger partial charge >= 0.3 is 0 Å². The van der Waals surface area contributed by atoms with Gasteiger partial charge in [0.2, 0.25) is 11.8 Å². The quantitative estimate of drug-likeness (QED) is 0.735. The fraction of sp³-hybridized carbons (Fsp3) is 0.526. The summed E-state index contributed by atoms with van der Waals surface area (Å²) in [5, 5.41) is 2.27. The number of fused-ring (bicyclic) bond motifs is 1. The third-order valence-corrected chi connectivity index (χ3v) is 5.51. The number of piperidine rings is 2. The third-order valence-electron chi connectivity index (χ3n) is 5.51. The van der Waals surface area contributed by atoms with Gasteiger partial charge in [-0.25, -0.2) is 8.78 Å². The molecular formula is C19H22F2N4O3. The molecule has 2 atom stereocenters. The van der Waals surface area contributed by atoms with E-state index in [4.69, 9.17) is 5.73 Å². The van der Waals surface area contributed by atoms with Crippen LogP contribution in [0.25, 0.3) is 0 Å². The zero-order chi connectivity index (χ0) is 20.1. The van der Waals surface area contributed by atoms with Gasteiger partial charge in [-0.2, -0.15) is 0 Å². The normalized spacial score (nSPS) is 27.7. The molecule has 3 amide bonds. The molecule has 2 saturated heterocycles. The minimum Gasteiger partial charge on any atom is -0.326 e. The minimum absolute atomic E-state index is 0.200. The van der Waals surface area contributed by atoms with E-state index in [2.05, 4.69) is 5.32 Å². The Morgan fingerprint density at radius 3 is 2.75 bits per heavy atom. The molecule has 3 heterocycles. The summed E-state index contributed by atoms with van der Waals surface area (Å²) in [7, 11) is 0. The summed E-state index contributed by atoms with van der Waals surface area (Å²) >= 11 is 0. The van der Waals surface area contributed by atoms with Gasteiger partial charge in [0.05, 0.1) is 6.54 Å². The van der Waals surface area contributed by atoms with Crippen molar-refractivity contribution in [2.75, 3.05) is 13.1 Å². The fourth-order valence-electron chi connectivity index (χ4n) is 4.31. The zero-order valence-electron chi connectivity index (χ0n) is 15.3. The minimum atomic E-state index is -2.81. The van der Waals surface area contributed by atoms with Crippen molar-refractivity contribution in [1.29, 1.82) is 0 Å². The highest BCUT2D eigenvalue weighted by molar-refractivity contribution is 6.05. The van der Waals surface area contributed by atoms with Crippen molar-refractivity contribution in [2.45, 2.75) is 50.4 Å². The Kier molecular flexibility index (Phi) is 4.67. The van der Waals surface area contributed by atoms with Crippen molar-refractivity contribution >= 4 is 17.7 Å². The molecular weight excluding hydrogens is 370 g/mol. The number of benzene rings is 1. The third kappa shape index (κ3) is 3.64. The van der Waals surface area contributed by atoms with Crippen LogP contribution in [0.15, 0.2) is 18.2 Å². The average molecular weight is 392 g/mol. The summed E-state index contributed by atoms with van der Waals surface area (Å²) in [5.41, 5.74) is 7.77. The first-order chi connectivity index (χ1) is 13.2. The van der Waals surface area contributed by atoms with Gasteiger partial charge in [-0.3, -0.25) is 24.6 Å². The molecule has 1 unspecified atom stereocenters. The molecule has 3 aliphatic heterocycles. The fourth-order valence-corrected chi connectivity index (χ4v) is 4.31. The van der Waals surface area contributed by atoms with Gasteiger partial charge in [-0.1, -0.05) is 12.1 Å². The Labute approximate surface area is 160 Å². The number of nitrogens with two attached hydrogens (primary N) is 1. The molecule has 0 bridgehead atoms. The second-order valence-corrected chi connectivity index (χ2v) is 7.88. The number of carbonyl (C=O) groups is 3. The van der Waals surface area contributed by atoms with Crippen molar-refractivity contribution in [2.24, 2.45) is 5.73 Å². The predicted molar refractivity (Wildman–Crippen MR) is 95.3 cm³/mol. The van der Waals surface area contributed by atoms with Crippen molar-refractivity contribution in [3.63, 3.8) is 0 Å². The van der Waals surface area contributed by atoms with E-state index in [1.165, 1.54) is 4.90 Å². The number of halogens is 2. The Hall–Kier alpha value is -2.39. The molecule has 3 N–H and O–H groups in total. The highest BCUT2D eigenvalue weighted by Crippen LogP contribution is 2.30. The maximum atomic E-state index is 13.8. The van der Waals surface area contributed by atoms with Gasteiger partial charge in [0.15, 0.2) is 0 Å². The van der Waals surface area contributed by atoms with E-state index in [9.17, 15) is 23.2 Å². The van der Waals surface area contributed by atoms with Crippen LogP contribution in [0.2, 0.25) is 0 Å². The summed E-state index contributed by atoms with van der Waals surface area (Å²) in [6, 6.07) is 4.08. The molecule has 1 aromatic rings. The smallest absolute Gasteiger partial charge is 0.262 e. The number of amides is 3. The van der Waals surface area contributed by atoms with Crippen LogP contribution in [-0.2, 0) is 22.7 Å². The number of imide groups is 1. The number of carbonyl (C=O) groups excluding carboxylic acids is 3. The van der Waals surface area contributed by atoms with Crippen molar-refractivity contribution < 1.29 is 23.2 Å². The first kappa shape index (κ1) is 18.9. The number of hydrogen-bond acceptors (Lipinski definition) is 5. The molecule has 0 spiro atoms. The van der Waals surface area contributed by atoms with E-state index in [0.717, 1.165) is 11.1 Å². The second kappa shape index (κ2) is 6.89. The summed E-state index contributed by atoms with van der Waals surface area (Å²) in [6.45, 7) is 0.604. The molecule has 0 radical (unpaired) electrons. The topological polar surface area (TPSA) is 95.7 Å². The lowest BCUT2D eigenvalue weighted by Gasteiger charge is -2.36. The highest BCUT2D eigenvalue weighted by atomic mass is 19.3. The number of nitrogens with one attached hydrogen (secondary N) is 1. The van der Waals surface area contributed by atoms with Crippen LogP contribution in [0, 0.1) is 0 Å². The van der Waals surface area contributed by atoms with E-state index in [0.29, 0.717) is 25.1 Å². The van der Waals surface area contributed by atoms with E-state index in [1.54, 1.807) is 17.0 Å². The van der Waals surface area contributed by atoms with Crippen LogP contribution in [0.5, 0.6) is 0 Å². The highest BCUT2D eigenvalue weighted by Gasteiger charge is 2.40. The number of nitrogens with zero attached hydrogens (tertiary/aromatic N) is 2. The summed E-state index contributed by atoms with van der Waals surface area (Å²) in [6.07, 6.45) is 0.191. The van der Waals surface area contributed by atoms with Gasteiger partial charge in [-0.15, -0.1) is 0 Å². The molecule has 2 fully saturated rings. The van der Waals surface area contributed by atoms with Crippen LogP contribution in [0.3, 0.4) is 0 Å². The zero-order valence-corrected chi connectivity index (χ0v) is 15.3. The molecule has 9 heteroatoms. The monoisotopic (exact) mass is 392 g/mol. The van der Waals surface area contributed by atoms with Crippen LogP contribution >= 0.6 is 0 Å². The Balaban J connectivity index is 1.49. The maximum Gasteiger partial charge on any atom is 0.262 e. The number of hydrogen-bond donors (Lipinski definition) is 2. The molecule has 1 aromatic carbocycles. The SMILES string of the molecule is N[C@@H]1CN(Cc2ccc3c(c2)C(=O)N(C2CCC(=O)NC2=O)C3)CC(F)(F)C1. The molecule has 4 rings (SSSR count). The van der Waals surface area contributed by atoms with E-state index in [-0.39, 0.29) is 37.7 Å². The number of likely N-dealkylation sites (tertiary alicyclic amines) is 1. The van der Waals surface area contributed by atoms with Gasteiger partial charge in [0.1, 0.15) is 6.04 Å². The number of alkyl halides is 2. The van der Waals surface area contributed by atoms with Crippen molar-refractivity contribution in [3.05, 3.63) is 34.9 Å². The Morgan fingerprint density at radius 2 is 2.04 bits per heavy atom. The summed E-state index contributed by atoms with van der Waals surface area (Å²) < 4.78 is 27.5. The second-order valence-electron chi connectivity index (χ2n) is 7.88. The Bertz CT molecular complexity index is 844. The van der Waals surface area contributed by atoms with Gasteiger partial charge in [0.25, 0.3) is 11.8 Å². The molecule has 150 valence electrons. The molecule has 28 heavy (non-hydrogen) atoms. The van der Waals surface area contributed by atoms with Crippen LogP contribution in [0.4, 0.5) is 8.78 Å². The van der Waals surface area contributed by atoms with E-state index < -0.39 is 23.9 Å².